The van der Waals surface area contributed by atoms with E-state index in [0.717, 1.165) is 64.2 Å². The lowest BCUT2D eigenvalue weighted by atomic mass is 9.99. The Kier molecular flexibility index (Phi) is 32.4. The van der Waals surface area contributed by atoms with Gasteiger partial charge >= 0.3 is 11.9 Å². The summed E-state index contributed by atoms with van der Waals surface area (Å²) in [6.45, 7) is 3.24. The van der Waals surface area contributed by atoms with Gasteiger partial charge in [-0.3, -0.25) is 9.59 Å². The van der Waals surface area contributed by atoms with E-state index < -0.39 is 55.4 Å². The fraction of sp³-hybridized carbons (Fsp3) is 0.689. The molecule has 55 heavy (non-hydrogen) atoms. The van der Waals surface area contributed by atoms with E-state index in [1.54, 1.807) is 0 Å². The van der Waals surface area contributed by atoms with Crippen molar-refractivity contribution in [1.82, 2.24) is 0 Å². The van der Waals surface area contributed by atoms with Crippen molar-refractivity contribution in [2.45, 2.75) is 179 Å². The summed E-state index contributed by atoms with van der Waals surface area (Å²) in [5.74, 6) is -0.923. The number of carbonyl (C=O) groups excluding carboxylic acids is 2. The molecule has 4 N–H and O–H groups in total. The fourth-order valence-corrected chi connectivity index (χ4v) is 5.68. The van der Waals surface area contributed by atoms with Gasteiger partial charge < -0.3 is 39.4 Å². The zero-order valence-electron chi connectivity index (χ0n) is 33.9. The van der Waals surface area contributed by atoms with Gasteiger partial charge in [-0.25, -0.2) is 0 Å². The highest BCUT2D eigenvalue weighted by molar-refractivity contribution is 5.70. The second kappa shape index (κ2) is 35.5. The number of esters is 2. The van der Waals surface area contributed by atoms with Gasteiger partial charge in [0.2, 0.25) is 0 Å². The molecular weight excluding hydrogens is 700 g/mol. The van der Waals surface area contributed by atoms with Crippen LogP contribution in [-0.4, -0.2) is 89.0 Å². The molecule has 6 atom stereocenters. The lowest BCUT2D eigenvalue weighted by molar-refractivity contribution is -0.305. The molecule has 0 aromatic rings. The van der Waals surface area contributed by atoms with E-state index in [0.29, 0.717) is 12.8 Å². The molecule has 1 rings (SSSR count). The number of aliphatic hydroxyl groups excluding tert-OH is 4. The molecular formula is C45H74O10. The Morgan fingerprint density at radius 2 is 1.07 bits per heavy atom. The van der Waals surface area contributed by atoms with Crippen LogP contribution in [0, 0.1) is 0 Å². The van der Waals surface area contributed by atoms with E-state index >= 15 is 0 Å². The van der Waals surface area contributed by atoms with Crippen molar-refractivity contribution in [1.29, 1.82) is 0 Å². The van der Waals surface area contributed by atoms with Gasteiger partial charge in [0.1, 0.15) is 31.0 Å². The van der Waals surface area contributed by atoms with Gasteiger partial charge in [-0.15, -0.1) is 0 Å². The van der Waals surface area contributed by atoms with Crippen LogP contribution in [0.3, 0.4) is 0 Å². The molecule has 1 saturated heterocycles. The maximum absolute atomic E-state index is 12.7. The molecule has 314 valence electrons. The van der Waals surface area contributed by atoms with Crippen LogP contribution in [0.1, 0.15) is 142 Å². The van der Waals surface area contributed by atoms with Crippen LogP contribution in [0.2, 0.25) is 0 Å². The van der Waals surface area contributed by atoms with Crippen molar-refractivity contribution in [3.8, 4) is 0 Å². The van der Waals surface area contributed by atoms with Crippen LogP contribution in [0.4, 0.5) is 0 Å². The molecule has 0 aromatic heterocycles. The van der Waals surface area contributed by atoms with Crippen molar-refractivity contribution in [2.24, 2.45) is 0 Å². The van der Waals surface area contributed by atoms with Crippen LogP contribution in [-0.2, 0) is 28.5 Å². The number of aliphatic hydroxyl groups is 4. The third kappa shape index (κ3) is 27.4. The quantitative estimate of drug-likeness (QED) is 0.0291. The zero-order chi connectivity index (χ0) is 40.2. The summed E-state index contributed by atoms with van der Waals surface area (Å²) in [6.07, 6.45) is 36.4. The highest BCUT2D eigenvalue weighted by atomic mass is 16.7. The molecule has 0 spiro atoms. The second-order valence-corrected chi connectivity index (χ2v) is 14.1. The first-order valence-corrected chi connectivity index (χ1v) is 21.0. The molecule has 10 nitrogen and oxygen atoms in total. The number of allylic oxidation sites excluding steroid dienone is 12. The predicted octanol–water partition coefficient (Wildman–Crippen LogP) is 8.44. The van der Waals surface area contributed by atoms with E-state index in [1.807, 2.05) is 12.2 Å². The third-order valence-electron chi connectivity index (χ3n) is 9.08. The SMILES string of the molecule is CCCC/C=C/CCCCCCCC(=O)OC[C@H](CO[C@@H]1O[C@H](CO)[C@H](O)C(O)C1O)OC(=O)CC/C=C/C/C=C/C/C=C/C/C=C/C/C=C/CCCCC. The van der Waals surface area contributed by atoms with Crippen molar-refractivity contribution in [3.63, 3.8) is 0 Å². The minimum atomic E-state index is -1.61. The Labute approximate surface area is 332 Å². The molecule has 10 heteroatoms. The first kappa shape index (κ1) is 50.2. The number of carbonyl (C=O) groups is 2. The number of hydrogen-bond acceptors (Lipinski definition) is 10. The lowest BCUT2D eigenvalue weighted by Crippen LogP contribution is -2.59. The molecule has 0 saturated carbocycles. The highest BCUT2D eigenvalue weighted by Crippen LogP contribution is 2.22. The molecule has 2 unspecified atom stereocenters. The van der Waals surface area contributed by atoms with E-state index in [-0.39, 0.29) is 26.1 Å². The molecule has 1 fully saturated rings. The molecule has 1 aliphatic rings. The van der Waals surface area contributed by atoms with Crippen LogP contribution in [0.5, 0.6) is 0 Å². The van der Waals surface area contributed by atoms with Gasteiger partial charge in [0, 0.05) is 12.8 Å². The Morgan fingerprint density at radius 3 is 1.67 bits per heavy atom. The van der Waals surface area contributed by atoms with E-state index in [9.17, 15) is 30.0 Å². The average Bonchev–Trinajstić information content (AvgIpc) is 3.18. The van der Waals surface area contributed by atoms with Gasteiger partial charge in [0.05, 0.1) is 13.2 Å². The second-order valence-electron chi connectivity index (χ2n) is 14.1. The maximum Gasteiger partial charge on any atom is 0.306 e. The molecule has 1 heterocycles. The summed E-state index contributed by atoms with van der Waals surface area (Å²) in [6, 6.07) is 0. The number of hydrogen-bond donors (Lipinski definition) is 4. The van der Waals surface area contributed by atoms with Gasteiger partial charge in [-0.1, -0.05) is 132 Å². The molecule has 0 amide bonds. The van der Waals surface area contributed by atoms with E-state index in [2.05, 4.69) is 74.6 Å². The first-order valence-electron chi connectivity index (χ1n) is 21.0. The normalized spacial score (nSPS) is 21.3. The Hall–Kier alpha value is -2.86. The summed E-state index contributed by atoms with van der Waals surface area (Å²) in [5.41, 5.74) is 0. The van der Waals surface area contributed by atoms with Crippen LogP contribution in [0.25, 0.3) is 0 Å². The smallest absolute Gasteiger partial charge is 0.306 e. The lowest BCUT2D eigenvalue weighted by Gasteiger charge is -2.39. The molecule has 0 bridgehead atoms. The fourth-order valence-electron chi connectivity index (χ4n) is 5.68. The third-order valence-corrected chi connectivity index (χ3v) is 9.08. The van der Waals surface area contributed by atoms with Gasteiger partial charge in [-0.2, -0.15) is 0 Å². The van der Waals surface area contributed by atoms with Crippen molar-refractivity contribution < 1.29 is 49.0 Å². The average molecular weight is 775 g/mol. The molecule has 0 radical (unpaired) electrons. The maximum atomic E-state index is 12.7. The number of unbranched alkanes of at least 4 members (excludes halogenated alkanes) is 10. The Morgan fingerprint density at radius 1 is 0.564 bits per heavy atom. The highest BCUT2D eigenvalue weighted by Gasteiger charge is 2.44. The zero-order valence-corrected chi connectivity index (χ0v) is 33.9. The summed E-state index contributed by atoms with van der Waals surface area (Å²) in [4.78, 5) is 25.2. The van der Waals surface area contributed by atoms with Crippen molar-refractivity contribution >= 4 is 11.9 Å². The number of ether oxygens (including phenoxy) is 4. The standard InChI is InChI=1S/C45H74O10/c1-3-5-7-9-11-13-15-16-17-18-19-20-21-22-24-26-28-30-32-34-41(48)54-38(37-53-45-44(51)43(50)42(49)39(35-46)55-45)36-52-40(47)33-31-29-27-25-23-14-12-10-8-6-4-2/h10-13,16-17,19-20,22,24,28,30,38-39,42-46,49-51H,3-9,14-15,18,21,23,25-27,29,31-37H2,1-2H3/b12-10+,13-11+,17-16+,20-19+,24-22+,30-28+/t38-,39-,42+,43?,44?,45-/m1/s1. The minimum Gasteiger partial charge on any atom is -0.462 e. The van der Waals surface area contributed by atoms with E-state index in [1.165, 1.54) is 38.5 Å². The summed E-state index contributed by atoms with van der Waals surface area (Å²) < 4.78 is 22.0. The predicted molar refractivity (Wildman–Crippen MR) is 219 cm³/mol. The monoisotopic (exact) mass is 775 g/mol. The van der Waals surface area contributed by atoms with Gasteiger partial charge in [0.25, 0.3) is 0 Å². The first-order chi connectivity index (χ1) is 26.8. The van der Waals surface area contributed by atoms with E-state index in [4.69, 9.17) is 18.9 Å². The minimum absolute atomic E-state index is 0.101. The Bertz CT molecular complexity index is 1120. The summed E-state index contributed by atoms with van der Waals surface area (Å²) >= 11 is 0. The Balaban J connectivity index is 2.43. The topological polar surface area (TPSA) is 152 Å². The number of rotatable bonds is 33. The molecule has 1 aliphatic heterocycles. The van der Waals surface area contributed by atoms with Gasteiger partial charge in [0.15, 0.2) is 12.4 Å². The van der Waals surface area contributed by atoms with Crippen molar-refractivity contribution in [2.75, 3.05) is 19.8 Å². The summed E-state index contributed by atoms with van der Waals surface area (Å²) in [7, 11) is 0. The van der Waals surface area contributed by atoms with Crippen molar-refractivity contribution in [3.05, 3.63) is 72.9 Å². The molecule has 0 aromatic carbocycles. The van der Waals surface area contributed by atoms with Crippen LogP contribution < -0.4 is 0 Å². The van der Waals surface area contributed by atoms with Crippen LogP contribution >= 0.6 is 0 Å². The van der Waals surface area contributed by atoms with Crippen LogP contribution in [0.15, 0.2) is 72.9 Å². The van der Waals surface area contributed by atoms with Gasteiger partial charge in [-0.05, 0) is 70.6 Å². The summed E-state index contributed by atoms with van der Waals surface area (Å²) in [5, 5.41) is 40.0. The molecule has 0 aliphatic carbocycles. The largest absolute Gasteiger partial charge is 0.462 e.